The number of carbonyl (C=O) groups excluding carboxylic acids is 2. The molecule has 0 bridgehead atoms. The average Bonchev–Trinajstić information content (AvgIpc) is 3.74. The molecule has 254 valence electrons. The summed E-state index contributed by atoms with van der Waals surface area (Å²) in [5.41, 5.74) is 4.70. The first-order chi connectivity index (χ1) is 23.0. The molecule has 3 aliphatic rings. The summed E-state index contributed by atoms with van der Waals surface area (Å²) in [5, 5.41) is 10.7. The number of rotatable bonds is 13. The van der Waals surface area contributed by atoms with Crippen molar-refractivity contribution in [2.75, 3.05) is 63.9 Å². The molecule has 1 N–H and O–H groups in total. The number of quaternary nitrogens is 1. The van der Waals surface area contributed by atoms with Gasteiger partial charge in [-0.25, -0.2) is 0 Å². The third kappa shape index (κ3) is 7.19. The Balaban J connectivity index is 1.30. The molecule has 10 nitrogen and oxygen atoms in total. The molecular weight excluding hydrogens is 608 g/mol. The highest BCUT2D eigenvalue weighted by Crippen LogP contribution is 2.43. The quantitative estimate of drug-likeness (QED) is 0.262. The van der Waals surface area contributed by atoms with Gasteiger partial charge in [0.25, 0.3) is 0 Å². The Morgan fingerprint density at radius 3 is 2.56 bits per heavy atom. The van der Waals surface area contributed by atoms with E-state index in [2.05, 4.69) is 40.2 Å². The van der Waals surface area contributed by atoms with Gasteiger partial charge in [-0.15, -0.1) is 0 Å². The van der Waals surface area contributed by atoms with Gasteiger partial charge < -0.3 is 28.9 Å². The van der Waals surface area contributed by atoms with Gasteiger partial charge in [-0.3, -0.25) is 19.3 Å². The van der Waals surface area contributed by atoms with E-state index in [0.29, 0.717) is 44.0 Å². The van der Waals surface area contributed by atoms with Crippen molar-refractivity contribution in [2.24, 2.45) is 5.92 Å². The van der Waals surface area contributed by atoms with E-state index in [1.807, 2.05) is 64.4 Å². The molecule has 10 heteroatoms. The molecule has 0 saturated carbocycles. The Morgan fingerprint density at radius 2 is 1.79 bits per heavy atom. The Morgan fingerprint density at radius 1 is 1.00 bits per heavy atom. The number of nitrogens with zero attached hydrogens (tertiary/aromatic N) is 4. The number of benzene rings is 3. The molecule has 0 aliphatic carbocycles. The van der Waals surface area contributed by atoms with Gasteiger partial charge in [-0.2, -0.15) is 0 Å². The second-order valence-corrected chi connectivity index (χ2v) is 14.2. The van der Waals surface area contributed by atoms with Crippen LogP contribution in [0.15, 0.2) is 66.7 Å². The minimum Gasteiger partial charge on any atom is -0.481 e. The van der Waals surface area contributed by atoms with Crippen LogP contribution in [0.4, 0.5) is 11.4 Å². The van der Waals surface area contributed by atoms with Crippen molar-refractivity contribution in [3.63, 3.8) is 0 Å². The normalized spacial score (nSPS) is 20.3. The number of carboxylic acids is 1. The van der Waals surface area contributed by atoms with Crippen LogP contribution in [0.3, 0.4) is 0 Å². The summed E-state index contributed by atoms with van der Waals surface area (Å²) in [6.07, 6.45) is 2.54. The zero-order chi connectivity index (χ0) is 34.0. The number of carboxylic acid groups (broad SMARTS) is 1. The number of unbranched alkanes of at least 4 members (excludes halogenated alkanes) is 1. The highest BCUT2D eigenvalue weighted by Gasteiger charge is 2.48. The number of anilines is 2. The van der Waals surface area contributed by atoms with Gasteiger partial charge in [0.1, 0.15) is 6.54 Å². The smallest absolute Gasteiger partial charge is 0.308 e. The summed E-state index contributed by atoms with van der Waals surface area (Å²) >= 11 is 0. The van der Waals surface area contributed by atoms with Crippen LogP contribution in [-0.4, -0.2) is 92.4 Å². The van der Waals surface area contributed by atoms with Crippen LogP contribution in [0.5, 0.6) is 11.5 Å². The Bertz CT molecular complexity index is 1670. The fraction of sp³-hybridized carbons (Fsp3) is 0.447. The van der Waals surface area contributed by atoms with Crippen LogP contribution in [0, 0.1) is 5.92 Å². The van der Waals surface area contributed by atoms with Crippen LogP contribution in [0.1, 0.15) is 48.8 Å². The van der Waals surface area contributed by atoms with Gasteiger partial charge in [0.2, 0.25) is 18.6 Å². The fourth-order valence-electron chi connectivity index (χ4n) is 7.50. The molecule has 0 aromatic heterocycles. The predicted octanol–water partition coefficient (Wildman–Crippen LogP) is 4.90. The minimum atomic E-state index is -0.915. The number of para-hydroxylation sites is 1. The number of hydrogen-bond donors (Lipinski definition) is 1. The number of ether oxygens (including phenoxy) is 2. The van der Waals surface area contributed by atoms with Crippen LogP contribution >= 0.6 is 0 Å². The number of carbonyl (C=O) groups is 3. The third-order valence-electron chi connectivity index (χ3n) is 9.69. The number of amides is 2. The summed E-state index contributed by atoms with van der Waals surface area (Å²) in [7, 11) is 6.43. The van der Waals surface area contributed by atoms with E-state index >= 15 is 0 Å². The van der Waals surface area contributed by atoms with Crippen molar-refractivity contribution in [3.8, 4) is 11.5 Å². The molecule has 1 saturated heterocycles. The highest BCUT2D eigenvalue weighted by molar-refractivity contribution is 6.01. The second-order valence-electron chi connectivity index (χ2n) is 14.2. The van der Waals surface area contributed by atoms with Crippen molar-refractivity contribution in [2.45, 2.75) is 51.1 Å². The maximum absolute atomic E-state index is 14.3. The topological polar surface area (TPSA) is 99.6 Å². The summed E-state index contributed by atoms with van der Waals surface area (Å²) < 4.78 is 11.9. The number of likely N-dealkylation sites (tertiary alicyclic amines) is 1. The molecular formula is C38H47N4O6+. The van der Waals surface area contributed by atoms with Crippen molar-refractivity contribution in [1.82, 2.24) is 4.90 Å². The maximum atomic E-state index is 14.3. The summed E-state index contributed by atoms with van der Waals surface area (Å²) in [4.78, 5) is 46.2. The highest BCUT2D eigenvalue weighted by atomic mass is 16.7. The van der Waals surface area contributed by atoms with Crippen LogP contribution in [0.2, 0.25) is 0 Å². The molecule has 2 amide bonds. The van der Waals surface area contributed by atoms with Gasteiger partial charge >= 0.3 is 5.97 Å². The van der Waals surface area contributed by atoms with E-state index in [1.165, 1.54) is 0 Å². The van der Waals surface area contributed by atoms with Crippen LogP contribution in [-0.2, 0) is 27.3 Å². The van der Waals surface area contributed by atoms with Crippen LogP contribution < -0.4 is 19.3 Å². The molecule has 0 radical (unpaired) electrons. The largest absolute Gasteiger partial charge is 0.481 e. The zero-order valence-corrected chi connectivity index (χ0v) is 28.4. The molecule has 48 heavy (non-hydrogen) atoms. The molecule has 3 aromatic rings. The van der Waals surface area contributed by atoms with Crippen molar-refractivity contribution in [3.05, 3.63) is 83.4 Å². The van der Waals surface area contributed by atoms with Crippen molar-refractivity contribution < 1.29 is 33.4 Å². The number of aliphatic carboxylic acids is 1. The second kappa shape index (κ2) is 14.0. The van der Waals surface area contributed by atoms with Gasteiger partial charge in [0, 0.05) is 48.5 Å². The molecule has 0 spiro atoms. The molecule has 1 fully saturated rings. The molecule has 0 unspecified atom stereocenters. The van der Waals surface area contributed by atoms with Crippen LogP contribution in [0.25, 0.3) is 0 Å². The zero-order valence-electron chi connectivity index (χ0n) is 28.4. The molecule has 3 heterocycles. The molecule has 3 aromatic carbocycles. The van der Waals surface area contributed by atoms with E-state index in [9.17, 15) is 19.5 Å². The first kappa shape index (κ1) is 33.5. The van der Waals surface area contributed by atoms with Gasteiger partial charge in [-0.1, -0.05) is 49.7 Å². The summed E-state index contributed by atoms with van der Waals surface area (Å²) in [6, 6.07) is 21.1. The van der Waals surface area contributed by atoms with Crippen molar-refractivity contribution >= 4 is 29.2 Å². The minimum absolute atomic E-state index is 0.00974. The molecule has 6 rings (SSSR count). The Labute approximate surface area is 283 Å². The van der Waals surface area contributed by atoms with E-state index in [-0.39, 0.29) is 31.1 Å². The number of hydrogen-bond acceptors (Lipinski definition) is 6. The lowest BCUT2D eigenvalue weighted by Gasteiger charge is -2.31. The summed E-state index contributed by atoms with van der Waals surface area (Å²) in [5.74, 6) is -0.901. The SMILES string of the molecule is CCCCN(C(=O)CN1C[C@H](c2ccc3c(c2)OCO3)[C@@H](C(=O)O)[C@@H]1CCN1C(=O)Cc2ccccc21)c1cccc(C[N+](C)(C)C)c1. The van der Waals surface area contributed by atoms with E-state index in [4.69, 9.17) is 9.47 Å². The Kier molecular flexibility index (Phi) is 9.75. The summed E-state index contributed by atoms with van der Waals surface area (Å²) in [6.45, 7) is 4.48. The van der Waals surface area contributed by atoms with Gasteiger partial charge in [-0.05, 0) is 54.3 Å². The lowest BCUT2D eigenvalue weighted by atomic mass is 9.84. The van der Waals surface area contributed by atoms with Gasteiger partial charge in [0.15, 0.2) is 11.5 Å². The Hall–Kier alpha value is -4.41. The molecule has 3 atom stereocenters. The lowest BCUT2D eigenvalue weighted by molar-refractivity contribution is -0.884. The average molecular weight is 656 g/mol. The van der Waals surface area contributed by atoms with E-state index < -0.39 is 17.9 Å². The maximum Gasteiger partial charge on any atom is 0.308 e. The van der Waals surface area contributed by atoms with E-state index in [1.54, 1.807) is 4.90 Å². The lowest BCUT2D eigenvalue weighted by Crippen LogP contribution is -2.46. The molecule has 3 aliphatic heterocycles. The third-order valence-corrected chi connectivity index (χ3v) is 9.69. The number of fused-ring (bicyclic) bond motifs is 2. The van der Waals surface area contributed by atoms with E-state index in [0.717, 1.165) is 51.9 Å². The van der Waals surface area contributed by atoms with Gasteiger partial charge in [0.05, 0.1) is 40.0 Å². The van der Waals surface area contributed by atoms with Crippen molar-refractivity contribution in [1.29, 1.82) is 0 Å². The monoisotopic (exact) mass is 655 g/mol. The predicted molar refractivity (Wildman–Crippen MR) is 184 cm³/mol. The first-order valence-corrected chi connectivity index (χ1v) is 17.0. The fourth-order valence-corrected chi connectivity index (χ4v) is 7.50. The standard InChI is InChI=1S/C38H46N4O6/c1-5-6-17-40(29-12-9-10-26(19-29)24-42(2,3)4)36(44)23-39-22-30(27-14-15-33-34(20-27)48-25-47-33)37(38(45)46)32(39)16-18-41-31-13-8-7-11-28(31)21-35(41)43/h7-15,19-20,30,32,37H,5-6,16-18,21-25H2,1-4H3/p+1/t30-,32+,37-/m1/s1. The first-order valence-electron chi connectivity index (χ1n) is 17.0.